The molecule has 3 aliphatic rings. The molecule has 0 bridgehead atoms. The Morgan fingerprint density at radius 3 is 1.86 bits per heavy atom. The van der Waals surface area contributed by atoms with Gasteiger partial charge in [-0.05, 0) is 105 Å². The molecule has 7 aromatic carbocycles. The number of hydrogen-bond acceptors (Lipinski definition) is 3. The van der Waals surface area contributed by atoms with E-state index in [1.54, 1.807) is 0 Å². The molecular formula is C48H38N2O. The van der Waals surface area contributed by atoms with Gasteiger partial charge in [0, 0.05) is 27.9 Å². The van der Waals surface area contributed by atoms with Gasteiger partial charge in [0.25, 0.3) is 0 Å². The largest absolute Gasteiger partial charge is 0.453 e. The third-order valence-corrected chi connectivity index (χ3v) is 11.4. The van der Waals surface area contributed by atoms with Crippen LogP contribution in [0.2, 0.25) is 0 Å². The van der Waals surface area contributed by atoms with Crippen LogP contribution in [-0.4, -0.2) is 0 Å². The van der Waals surface area contributed by atoms with E-state index in [9.17, 15) is 0 Å². The Morgan fingerprint density at radius 2 is 1.06 bits per heavy atom. The summed E-state index contributed by atoms with van der Waals surface area (Å²) in [6, 6.07) is 57.2. The van der Waals surface area contributed by atoms with E-state index in [-0.39, 0.29) is 10.8 Å². The first kappa shape index (κ1) is 29.8. The van der Waals surface area contributed by atoms with Crippen molar-refractivity contribution in [2.75, 3.05) is 9.80 Å². The van der Waals surface area contributed by atoms with Crippen molar-refractivity contribution < 1.29 is 4.74 Å². The maximum Gasteiger partial charge on any atom is 0.151 e. The van der Waals surface area contributed by atoms with Crippen molar-refractivity contribution in [2.45, 2.75) is 38.5 Å². The van der Waals surface area contributed by atoms with Crippen molar-refractivity contribution in [2.24, 2.45) is 0 Å². The summed E-state index contributed by atoms with van der Waals surface area (Å²) in [4.78, 5) is 4.79. The van der Waals surface area contributed by atoms with Crippen molar-refractivity contribution in [1.29, 1.82) is 0 Å². The number of nitrogens with zero attached hydrogens (tertiary/aromatic N) is 2. The number of hydrogen-bond donors (Lipinski definition) is 0. The minimum atomic E-state index is -0.257. The Morgan fingerprint density at radius 1 is 0.451 bits per heavy atom. The first-order valence-electron chi connectivity index (χ1n) is 17.9. The SMILES string of the molecule is CC1(C)c2ccccc2-c2ccc(N(c3ccccc3)c3ccc(-c4ccc5c6c4C(C)(C)c4ccccc4N6c4ccccc4O5)cc3)cc21. The highest BCUT2D eigenvalue weighted by Crippen LogP contribution is 2.61. The first-order valence-corrected chi connectivity index (χ1v) is 17.9. The molecule has 0 saturated heterocycles. The molecule has 0 saturated carbocycles. The number of anilines is 6. The lowest BCUT2D eigenvalue weighted by Crippen LogP contribution is -2.33. The molecule has 3 nitrogen and oxygen atoms in total. The predicted molar refractivity (Wildman–Crippen MR) is 211 cm³/mol. The summed E-state index contributed by atoms with van der Waals surface area (Å²) in [6.45, 7) is 9.39. The second-order valence-corrected chi connectivity index (χ2v) is 15.0. The van der Waals surface area contributed by atoms with Crippen LogP contribution in [0.5, 0.6) is 11.5 Å². The molecule has 2 aliphatic heterocycles. The topological polar surface area (TPSA) is 15.7 Å². The molecule has 0 unspecified atom stereocenters. The van der Waals surface area contributed by atoms with E-state index in [4.69, 9.17) is 4.74 Å². The maximum absolute atomic E-state index is 6.59. The predicted octanol–water partition coefficient (Wildman–Crippen LogP) is 13.3. The number of fused-ring (bicyclic) bond motifs is 7. The normalized spacial score (nSPS) is 15.1. The Balaban J connectivity index is 1.11. The second kappa shape index (κ2) is 10.7. The van der Waals surface area contributed by atoms with E-state index in [1.165, 1.54) is 50.2 Å². The fourth-order valence-electron chi connectivity index (χ4n) is 8.94. The molecule has 3 heteroatoms. The van der Waals surface area contributed by atoms with Crippen molar-refractivity contribution in [3.8, 4) is 33.8 Å². The molecule has 0 atom stereocenters. The van der Waals surface area contributed by atoms with E-state index in [2.05, 4.69) is 189 Å². The van der Waals surface area contributed by atoms with Gasteiger partial charge in [-0.1, -0.05) is 125 Å². The molecule has 0 spiro atoms. The maximum atomic E-state index is 6.59. The Kier molecular flexibility index (Phi) is 6.27. The Hall–Kier alpha value is -6.06. The van der Waals surface area contributed by atoms with Gasteiger partial charge in [-0.15, -0.1) is 0 Å². The minimum absolute atomic E-state index is 0.0779. The van der Waals surface area contributed by atoms with Crippen LogP contribution in [0, 0.1) is 0 Å². The second-order valence-electron chi connectivity index (χ2n) is 15.0. The van der Waals surface area contributed by atoms with Crippen molar-refractivity contribution in [3.05, 3.63) is 180 Å². The van der Waals surface area contributed by atoms with Gasteiger partial charge in [0.05, 0.1) is 17.1 Å². The molecule has 51 heavy (non-hydrogen) atoms. The molecule has 0 radical (unpaired) electrons. The molecule has 0 aromatic heterocycles. The van der Waals surface area contributed by atoms with Gasteiger partial charge in [-0.25, -0.2) is 0 Å². The fraction of sp³-hybridized carbons (Fsp3) is 0.125. The number of para-hydroxylation sites is 4. The fourth-order valence-corrected chi connectivity index (χ4v) is 8.94. The summed E-state index contributed by atoms with van der Waals surface area (Å²) in [6.07, 6.45) is 0. The number of rotatable bonds is 4. The zero-order valence-electron chi connectivity index (χ0n) is 29.3. The molecule has 2 heterocycles. The van der Waals surface area contributed by atoms with E-state index >= 15 is 0 Å². The lowest BCUT2D eigenvalue weighted by molar-refractivity contribution is 0.471. The highest BCUT2D eigenvalue weighted by atomic mass is 16.5. The standard InChI is InChI=1S/C48H38N2O/c1-47(2)38-17-9-8-16-36(38)37-27-26-34(30-40(37)47)49(32-14-6-5-7-15-32)33-24-22-31(23-25-33)35-28-29-44-46-45(35)48(3,4)39-18-10-11-19-41(39)50(46)42-20-12-13-21-43(42)51-44/h5-30H,1-4H3. The Bertz CT molecular complexity index is 2510. The van der Waals surface area contributed by atoms with Gasteiger partial charge in [0.15, 0.2) is 11.5 Å². The monoisotopic (exact) mass is 658 g/mol. The van der Waals surface area contributed by atoms with Crippen LogP contribution in [0.4, 0.5) is 34.1 Å². The third-order valence-electron chi connectivity index (χ3n) is 11.4. The summed E-state index contributed by atoms with van der Waals surface area (Å²) < 4.78 is 6.59. The quantitative estimate of drug-likeness (QED) is 0.187. The van der Waals surface area contributed by atoms with E-state index in [0.717, 1.165) is 39.9 Å². The smallest absolute Gasteiger partial charge is 0.151 e. The molecule has 246 valence electrons. The molecule has 7 aromatic rings. The van der Waals surface area contributed by atoms with Gasteiger partial charge in [-0.3, -0.25) is 0 Å². The zero-order valence-corrected chi connectivity index (χ0v) is 29.3. The van der Waals surface area contributed by atoms with Crippen LogP contribution in [-0.2, 0) is 10.8 Å². The van der Waals surface area contributed by atoms with Crippen molar-refractivity contribution >= 4 is 34.1 Å². The summed E-state index contributed by atoms with van der Waals surface area (Å²) in [5.41, 5.74) is 16.9. The third kappa shape index (κ3) is 4.24. The average molecular weight is 659 g/mol. The van der Waals surface area contributed by atoms with Gasteiger partial charge >= 0.3 is 0 Å². The lowest BCUT2D eigenvalue weighted by Gasteiger charge is -2.45. The van der Waals surface area contributed by atoms with E-state index in [0.29, 0.717) is 0 Å². The van der Waals surface area contributed by atoms with Gasteiger partial charge in [0.2, 0.25) is 0 Å². The zero-order chi connectivity index (χ0) is 34.5. The van der Waals surface area contributed by atoms with Crippen molar-refractivity contribution in [1.82, 2.24) is 0 Å². The van der Waals surface area contributed by atoms with Crippen LogP contribution < -0.4 is 14.5 Å². The van der Waals surface area contributed by atoms with Crippen LogP contribution in [0.25, 0.3) is 22.3 Å². The molecule has 0 fully saturated rings. The summed E-state index contributed by atoms with van der Waals surface area (Å²) >= 11 is 0. The van der Waals surface area contributed by atoms with Gasteiger partial charge in [0.1, 0.15) is 0 Å². The first-order chi connectivity index (χ1) is 24.8. The molecule has 0 amide bonds. The average Bonchev–Trinajstić information content (AvgIpc) is 3.39. The minimum Gasteiger partial charge on any atom is -0.453 e. The van der Waals surface area contributed by atoms with Gasteiger partial charge in [-0.2, -0.15) is 0 Å². The van der Waals surface area contributed by atoms with Crippen molar-refractivity contribution in [3.63, 3.8) is 0 Å². The van der Waals surface area contributed by atoms with E-state index in [1.807, 2.05) is 6.07 Å². The highest BCUT2D eigenvalue weighted by Gasteiger charge is 2.43. The summed E-state index contributed by atoms with van der Waals surface area (Å²) in [7, 11) is 0. The number of benzene rings is 7. The highest BCUT2D eigenvalue weighted by molar-refractivity contribution is 5.97. The summed E-state index contributed by atoms with van der Waals surface area (Å²) in [5, 5.41) is 0. The van der Waals surface area contributed by atoms with E-state index < -0.39 is 0 Å². The molecule has 1 aliphatic carbocycles. The lowest BCUT2D eigenvalue weighted by atomic mass is 9.70. The molecular weight excluding hydrogens is 621 g/mol. The van der Waals surface area contributed by atoms with Crippen LogP contribution in [0.3, 0.4) is 0 Å². The number of ether oxygens (including phenoxy) is 1. The van der Waals surface area contributed by atoms with Crippen LogP contribution >= 0.6 is 0 Å². The Labute approximate surface area is 300 Å². The summed E-state index contributed by atoms with van der Waals surface area (Å²) in [5.74, 6) is 1.77. The van der Waals surface area contributed by atoms with Crippen LogP contribution in [0.15, 0.2) is 158 Å². The molecule has 0 N–H and O–H groups in total. The van der Waals surface area contributed by atoms with Crippen LogP contribution in [0.1, 0.15) is 49.9 Å². The molecule has 10 rings (SSSR count). The van der Waals surface area contributed by atoms with Gasteiger partial charge < -0.3 is 14.5 Å².